The van der Waals surface area contributed by atoms with Crippen molar-refractivity contribution in [3.8, 4) is 0 Å². The molecule has 0 fully saturated rings. The van der Waals surface area contributed by atoms with Crippen molar-refractivity contribution < 1.29 is 0 Å². The van der Waals surface area contributed by atoms with Crippen molar-refractivity contribution in [2.45, 2.75) is 13.3 Å². The van der Waals surface area contributed by atoms with E-state index in [0.29, 0.717) is 6.54 Å². The Morgan fingerprint density at radius 3 is 2.85 bits per heavy atom. The molecular formula is C11H16N2. The van der Waals surface area contributed by atoms with E-state index in [1.807, 2.05) is 19.1 Å². The van der Waals surface area contributed by atoms with Gasteiger partial charge in [-0.2, -0.15) is 0 Å². The Balaban J connectivity index is 2.83. The topological polar surface area (TPSA) is 52.0 Å². The van der Waals surface area contributed by atoms with E-state index in [2.05, 4.69) is 18.2 Å². The summed E-state index contributed by atoms with van der Waals surface area (Å²) in [6.07, 6.45) is 5.05. The first-order chi connectivity index (χ1) is 6.25. The molecule has 0 amide bonds. The lowest BCUT2D eigenvalue weighted by Gasteiger charge is -2.02. The summed E-state index contributed by atoms with van der Waals surface area (Å²) < 4.78 is 0. The number of anilines is 1. The molecule has 0 bridgehead atoms. The Morgan fingerprint density at radius 1 is 1.38 bits per heavy atom. The van der Waals surface area contributed by atoms with E-state index in [0.717, 1.165) is 17.7 Å². The van der Waals surface area contributed by atoms with E-state index in [1.165, 1.54) is 5.56 Å². The van der Waals surface area contributed by atoms with Crippen molar-refractivity contribution in [1.29, 1.82) is 0 Å². The first-order valence-electron chi connectivity index (χ1n) is 4.47. The second kappa shape index (κ2) is 4.67. The second-order valence-electron chi connectivity index (χ2n) is 3.04. The Kier molecular flexibility index (Phi) is 3.53. The minimum atomic E-state index is 0.692. The number of nitrogens with two attached hydrogens (primary N) is 2. The number of benzene rings is 1. The third-order valence-electron chi connectivity index (χ3n) is 2.05. The largest absolute Gasteiger partial charge is 0.398 e. The van der Waals surface area contributed by atoms with Crippen molar-refractivity contribution >= 4 is 11.8 Å². The van der Waals surface area contributed by atoms with Gasteiger partial charge in [-0.05, 0) is 37.1 Å². The van der Waals surface area contributed by atoms with Gasteiger partial charge in [0.15, 0.2) is 0 Å². The molecule has 0 saturated carbocycles. The third-order valence-corrected chi connectivity index (χ3v) is 2.05. The van der Waals surface area contributed by atoms with Gasteiger partial charge in [0.2, 0.25) is 0 Å². The normalized spacial score (nSPS) is 10.9. The number of nitrogen functional groups attached to an aromatic ring is 1. The van der Waals surface area contributed by atoms with Crippen molar-refractivity contribution in [2.24, 2.45) is 5.73 Å². The molecule has 0 atom stereocenters. The van der Waals surface area contributed by atoms with Crippen molar-refractivity contribution in [3.63, 3.8) is 0 Å². The molecule has 0 aliphatic rings. The minimum Gasteiger partial charge on any atom is -0.398 e. The van der Waals surface area contributed by atoms with Crippen molar-refractivity contribution in [2.75, 3.05) is 12.3 Å². The van der Waals surface area contributed by atoms with Crippen LogP contribution in [0.15, 0.2) is 24.3 Å². The maximum Gasteiger partial charge on any atom is 0.0349 e. The Bertz CT molecular complexity index is 303. The quantitative estimate of drug-likeness (QED) is 0.691. The van der Waals surface area contributed by atoms with Gasteiger partial charge in [0.05, 0.1) is 0 Å². The zero-order valence-electron chi connectivity index (χ0n) is 7.96. The van der Waals surface area contributed by atoms with Crippen LogP contribution in [0.3, 0.4) is 0 Å². The molecule has 1 aromatic rings. The summed E-state index contributed by atoms with van der Waals surface area (Å²) in [6.45, 7) is 2.72. The molecule has 13 heavy (non-hydrogen) atoms. The fraction of sp³-hybridized carbons (Fsp3) is 0.273. The average Bonchev–Trinajstić information content (AvgIpc) is 2.13. The van der Waals surface area contributed by atoms with Gasteiger partial charge in [-0.3, -0.25) is 0 Å². The molecule has 0 heterocycles. The van der Waals surface area contributed by atoms with Crippen LogP contribution < -0.4 is 11.5 Å². The molecule has 0 aliphatic carbocycles. The molecule has 0 spiro atoms. The monoisotopic (exact) mass is 176 g/mol. The van der Waals surface area contributed by atoms with Gasteiger partial charge >= 0.3 is 0 Å². The third kappa shape index (κ3) is 2.60. The van der Waals surface area contributed by atoms with Crippen LogP contribution in [0.4, 0.5) is 5.69 Å². The Hall–Kier alpha value is -1.28. The summed E-state index contributed by atoms with van der Waals surface area (Å²) in [5, 5.41) is 0. The molecular weight excluding hydrogens is 160 g/mol. The first-order valence-corrected chi connectivity index (χ1v) is 4.47. The highest BCUT2D eigenvalue weighted by Gasteiger charge is 1.95. The lowest BCUT2D eigenvalue weighted by atomic mass is 10.1. The molecule has 0 aliphatic heterocycles. The molecule has 2 nitrogen and oxygen atoms in total. The standard InChI is InChI=1S/C11H16N2/c1-9-10(5-2-3-8-12)6-4-7-11(9)13/h2,4-7H,3,8,12-13H2,1H3. The Morgan fingerprint density at radius 2 is 2.15 bits per heavy atom. The summed E-state index contributed by atoms with van der Waals surface area (Å²) in [5.74, 6) is 0. The number of rotatable bonds is 3. The average molecular weight is 176 g/mol. The smallest absolute Gasteiger partial charge is 0.0349 e. The maximum atomic E-state index is 5.77. The molecule has 2 heteroatoms. The zero-order chi connectivity index (χ0) is 9.68. The van der Waals surface area contributed by atoms with Gasteiger partial charge in [0.1, 0.15) is 0 Å². The molecule has 0 aromatic heterocycles. The van der Waals surface area contributed by atoms with E-state index in [9.17, 15) is 0 Å². The van der Waals surface area contributed by atoms with Gasteiger partial charge in [0, 0.05) is 5.69 Å². The van der Waals surface area contributed by atoms with Crippen LogP contribution in [0.1, 0.15) is 17.5 Å². The number of hydrogen-bond donors (Lipinski definition) is 2. The summed E-state index contributed by atoms with van der Waals surface area (Å²) in [4.78, 5) is 0. The second-order valence-corrected chi connectivity index (χ2v) is 3.04. The first kappa shape index (κ1) is 9.81. The maximum absolute atomic E-state index is 5.77. The van der Waals surface area contributed by atoms with Crippen LogP contribution in [-0.2, 0) is 0 Å². The predicted molar refractivity (Wildman–Crippen MR) is 58.3 cm³/mol. The van der Waals surface area contributed by atoms with Gasteiger partial charge in [-0.25, -0.2) is 0 Å². The molecule has 0 radical (unpaired) electrons. The van der Waals surface area contributed by atoms with Gasteiger partial charge in [-0.1, -0.05) is 24.3 Å². The van der Waals surface area contributed by atoms with E-state index < -0.39 is 0 Å². The van der Waals surface area contributed by atoms with Crippen LogP contribution in [-0.4, -0.2) is 6.54 Å². The lowest BCUT2D eigenvalue weighted by Crippen LogP contribution is -1.95. The molecule has 0 saturated heterocycles. The van der Waals surface area contributed by atoms with Crippen molar-refractivity contribution in [3.05, 3.63) is 35.4 Å². The molecule has 0 unspecified atom stereocenters. The molecule has 1 aromatic carbocycles. The summed E-state index contributed by atoms with van der Waals surface area (Å²) in [5.41, 5.74) is 14.3. The van der Waals surface area contributed by atoms with Gasteiger partial charge in [-0.15, -0.1) is 0 Å². The van der Waals surface area contributed by atoms with E-state index >= 15 is 0 Å². The van der Waals surface area contributed by atoms with Crippen LogP contribution in [0.5, 0.6) is 0 Å². The van der Waals surface area contributed by atoms with Gasteiger partial charge < -0.3 is 11.5 Å². The van der Waals surface area contributed by atoms with E-state index in [-0.39, 0.29) is 0 Å². The van der Waals surface area contributed by atoms with Crippen LogP contribution in [0, 0.1) is 6.92 Å². The fourth-order valence-corrected chi connectivity index (χ4v) is 1.16. The van der Waals surface area contributed by atoms with Gasteiger partial charge in [0.25, 0.3) is 0 Å². The predicted octanol–water partition coefficient (Wildman–Crippen LogP) is 1.94. The highest BCUT2D eigenvalue weighted by Crippen LogP contribution is 2.16. The highest BCUT2D eigenvalue weighted by molar-refractivity contribution is 5.61. The summed E-state index contributed by atoms with van der Waals surface area (Å²) in [6, 6.07) is 5.93. The van der Waals surface area contributed by atoms with Crippen molar-refractivity contribution in [1.82, 2.24) is 0 Å². The Labute approximate surface area is 79.2 Å². The fourth-order valence-electron chi connectivity index (χ4n) is 1.16. The molecule has 1 rings (SSSR count). The van der Waals surface area contributed by atoms with Crippen LogP contribution >= 0.6 is 0 Å². The minimum absolute atomic E-state index is 0.692. The molecule has 4 N–H and O–H groups in total. The summed E-state index contributed by atoms with van der Waals surface area (Å²) in [7, 11) is 0. The van der Waals surface area contributed by atoms with Crippen LogP contribution in [0.2, 0.25) is 0 Å². The van der Waals surface area contributed by atoms with Crippen LogP contribution in [0.25, 0.3) is 6.08 Å². The lowest BCUT2D eigenvalue weighted by molar-refractivity contribution is 1.01. The molecule has 70 valence electrons. The zero-order valence-corrected chi connectivity index (χ0v) is 7.96. The highest BCUT2D eigenvalue weighted by atomic mass is 14.6. The SMILES string of the molecule is Cc1c(N)cccc1C=CCCN. The summed E-state index contributed by atoms with van der Waals surface area (Å²) >= 11 is 0. The number of hydrogen-bond acceptors (Lipinski definition) is 2. The van der Waals surface area contributed by atoms with E-state index in [1.54, 1.807) is 0 Å². The van der Waals surface area contributed by atoms with E-state index in [4.69, 9.17) is 11.5 Å².